The largest absolute Gasteiger partial charge is 0.361 e. The van der Waals surface area contributed by atoms with E-state index in [0.717, 1.165) is 19.5 Å². The molecule has 2 aliphatic carbocycles. The van der Waals surface area contributed by atoms with Crippen LogP contribution in [-0.2, 0) is 15.8 Å². The molecule has 0 radical (unpaired) electrons. The monoisotopic (exact) mass is 285 g/mol. The number of benzene rings is 1. The molecule has 1 unspecified atom stereocenters. The van der Waals surface area contributed by atoms with Crippen molar-refractivity contribution in [2.24, 2.45) is 0 Å². The molecule has 1 aliphatic heterocycles. The van der Waals surface area contributed by atoms with Crippen molar-refractivity contribution in [1.82, 2.24) is 5.32 Å². The van der Waals surface area contributed by atoms with Crippen LogP contribution in [0, 0.1) is 0 Å². The Labute approximate surface area is 128 Å². The molecular formula is C19H27NO. The summed E-state index contributed by atoms with van der Waals surface area (Å²) in [6.45, 7) is 6.77. The maximum Gasteiger partial charge on any atom is 0.107 e. The lowest BCUT2D eigenvalue weighted by Gasteiger charge is -2.52. The third-order valence-corrected chi connectivity index (χ3v) is 6.09. The zero-order valence-electron chi connectivity index (χ0n) is 13.4. The zero-order valence-corrected chi connectivity index (χ0v) is 13.4. The Morgan fingerprint density at radius 2 is 1.62 bits per heavy atom. The molecule has 3 aliphatic rings. The molecule has 4 rings (SSSR count). The molecule has 0 bridgehead atoms. The minimum atomic E-state index is -0.0886. The van der Waals surface area contributed by atoms with Crippen LogP contribution in [0.25, 0.3) is 0 Å². The second-order valence-electron chi connectivity index (χ2n) is 8.02. The Hall–Kier alpha value is -0.860. The van der Waals surface area contributed by atoms with Gasteiger partial charge < -0.3 is 10.1 Å². The van der Waals surface area contributed by atoms with Crippen molar-refractivity contribution in [2.45, 2.75) is 69.0 Å². The lowest BCUT2D eigenvalue weighted by Crippen LogP contribution is -2.59. The van der Waals surface area contributed by atoms with E-state index in [4.69, 9.17) is 4.74 Å². The smallest absolute Gasteiger partial charge is 0.107 e. The van der Waals surface area contributed by atoms with Crippen molar-refractivity contribution in [1.29, 1.82) is 0 Å². The van der Waals surface area contributed by atoms with Crippen LogP contribution in [0.3, 0.4) is 0 Å². The van der Waals surface area contributed by atoms with E-state index < -0.39 is 0 Å². The normalized spacial score (nSPS) is 33.2. The fraction of sp³-hybridized carbons (Fsp3) is 0.684. The van der Waals surface area contributed by atoms with Crippen molar-refractivity contribution < 1.29 is 4.74 Å². The van der Waals surface area contributed by atoms with Crippen molar-refractivity contribution >= 4 is 0 Å². The molecule has 2 nitrogen and oxygen atoms in total. The standard InChI is InChI=1S/C19H27NO/c1-17(2)11-12-19(16-8-4-3-7-15(16)17)14-20-13-18(21-19)9-5-6-10-18/h3-4,7-8,20H,5-6,9-14H2,1-2H3. The van der Waals surface area contributed by atoms with E-state index in [1.54, 1.807) is 0 Å². The van der Waals surface area contributed by atoms with Crippen molar-refractivity contribution in [3.63, 3.8) is 0 Å². The third-order valence-electron chi connectivity index (χ3n) is 6.09. The summed E-state index contributed by atoms with van der Waals surface area (Å²) in [6, 6.07) is 8.99. The molecular weight excluding hydrogens is 258 g/mol. The van der Waals surface area contributed by atoms with Gasteiger partial charge in [0.2, 0.25) is 0 Å². The van der Waals surface area contributed by atoms with Crippen LogP contribution in [0.5, 0.6) is 0 Å². The number of rotatable bonds is 0. The van der Waals surface area contributed by atoms with Crippen molar-refractivity contribution in [3.05, 3.63) is 35.4 Å². The van der Waals surface area contributed by atoms with E-state index in [1.165, 1.54) is 43.2 Å². The molecule has 2 heteroatoms. The molecule has 21 heavy (non-hydrogen) atoms. The van der Waals surface area contributed by atoms with Gasteiger partial charge in [-0.3, -0.25) is 0 Å². The number of fused-ring (bicyclic) bond motifs is 2. The molecule has 1 saturated heterocycles. The predicted octanol–water partition coefficient (Wildman–Crippen LogP) is 3.89. The second kappa shape index (κ2) is 4.57. The van der Waals surface area contributed by atoms with Crippen LogP contribution in [0.2, 0.25) is 0 Å². The summed E-state index contributed by atoms with van der Waals surface area (Å²) in [6.07, 6.45) is 7.46. The number of hydrogen-bond acceptors (Lipinski definition) is 2. The molecule has 1 aromatic rings. The first-order valence-electron chi connectivity index (χ1n) is 8.56. The summed E-state index contributed by atoms with van der Waals surface area (Å²) in [4.78, 5) is 0. The van der Waals surface area contributed by atoms with E-state index >= 15 is 0 Å². The van der Waals surface area contributed by atoms with Gasteiger partial charge in [0.15, 0.2) is 0 Å². The third kappa shape index (κ3) is 2.07. The summed E-state index contributed by atoms with van der Waals surface area (Å²) in [5, 5.41) is 3.72. The fourth-order valence-corrected chi connectivity index (χ4v) is 4.82. The molecule has 1 atom stereocenters. The van der Waals surface area contributed by atoms with Crippen LogP contribution in [0.15, 0.2) is 24.3 Å². The minimum absolute atomic E-state index is 0.0886. The molecule has 1 heterocycles. The second-order valence-corrected chi connectivity index (χ2v) is 8.02. The van der Waals surface area contributed by atoms with E-state index in [0.29, 0.717) is 0 Å². The Kier molecular flexibility index (Phi) is 3.00. The summed E-state index contributed by atoms with van der Waals surface area (Å²) < 4.78 is 6.92. The predicted molar refractivity (Wildman–Crippen MR) is 85.5 cm³/mol. The summed E-state index contributed by atoms with van der Waals surface area (Å²) in [5.41, 5.74) is 3.22. The molecule has 2 spiro atoms. The van der Waals surface area contributed by atoms with Gasteiger partial charge in [-0.2, -0.15) is 0 Å². The highest BCUT2D eigenvalue weighted by molar-refractivity contribution is 5.41. The van der Waals surface area contributed by atoms with Gasteiger partial charge in [-0.15, -0.1) is 0 Å². The van der Waals surface area contributed by atoms with Gasteiger partial charge >= 0.3 is 0 Å². The van der Waals surface area contributed by atoms with Crippen LogP contribution >= 0.6 is 0 Å². The quantitative estimate of drug-likeness (QED) is 0.781. The Balaban J connectivity index is 1.78. The average molecular weight is 285 g/mol. The van der Waals surface area contributed by atoms with Gasteiger partial charge in [0, 0.05) is 13.1 Å². The van der Waals surface area contributed by atoms with Gasteiger partial charge in [-0.1, -0.05) is 51.0 Å². The Morgan fingerprint density at radius 3 is 2.38 bits per heavy atom. The Bertz CT molecular complexity index is 544. The summed E-state index contributed by atoms with van der Waals surface area (Å²) in [5.74, 6) is 0. The number of morpholine rings is 1. The number of nitrogens with one attached hydrogen (secondary N) is 1. The van der Waals surface area contributed by atoms with Crippen molar-refractivity contribution in [2.75, 3.05) is 13.1 Å². The van der Waals surface area contributed by atoms with E-state index in [2.05, 4.69) is 43.4 Å². The lowest BCUT2D eigenvalue weighted by atomic mass is 9.66. The minimum Gasteiger partial charge on any atom is -0.361 e. The summed E-state index contributed by atoms with van der Waals surface area (Å²) >= 11 is 0. The average Bonchev–Trinajstić information content (AvgIpc) is 2.92. The highest BCUT2D eigenvalue weighted by Gasteiger charge is 2.51. The van der Waals surface area contributed by atoms with Gasteiger partial charge in [-0.25, -0.2) is 0 Å². The van der Waals surface area contributed by atoms with E-state index in [1.807, 2.05) is 0 Å². The highest BCUT2D eigenvalue weighted by atomic mass is 16.5. The first-order valence-corrected chi connectivity index (χ1v) is 8.56. The molecule has 0 amide bonds. The molecule has 1 saturated carbocycles. The maximum absolute atomic E-state index is 6.92. The first-order chi connectivity index (χ1) is 10.1. The van der Waals surface area contributed by atoms with Crippen molar-refractivity contribution in [3.8, 4) is 0 Å². The van der Waals surface area contributed by atoms with Gasteiger partial charge in [-0.05, 0) is 42.2 Å². The number of ether oxygens (including phenoxy) is 1. The maximum atomic E-state index is 6.92. The molecule has 114 valence electrons. The van der Waals surface area contributed by atoms with Gasteiger partial charge in [0.1, 0.15) is 5.60 Å². The molecule has 1 N–H and O–H groups in total. The molecule has 0 aromatic heterocycles. The summed E-state index contributed by atoms with van der Waals surface area (Å²) in [7, 11) is 0. The SMILES string of the molecule is CC1(C)CCC2(CNCC3(CCCC3)O2)c2ccccc21. The molecule has 1 aromatic carbocycles. The Morgan fingerprint density at radius 1 is 0.905 bits per heavy atom. The van der Waals surface area contributed by atoms with Crippen LogP contribution in [-0.4, -0.2) is 18.7 Å². The van der Waals surface area contributed by atoms with Crippen LogP contribution < -0.4 is 5.32 Å². The van der Waals surface area contributed by atoms with E-state index in [-0.39, 0.29) is 16.6 Å². The number of hydrogen-bond donors (Lipinski definition) is 1. The first kappa shape index (κ1) is 13.8. The van der Waals surface area contributed by atoms with E-state index in [9.17, 15) is 0 Å². The fourth-order valence-electron chi connectivity index (χ4n) is 4.82. The van der Waals surface area contributed by atoms with Gasteiger partial charge in [0.25, 0.3) is 0 Å². The van der Waals surface area contributed by atoms with Crippen LogP contribution in [0.4, 0.5) is 0 Å². The van der Waals surface area contributed by atoms with Crippen LogP contribution in [0.1, 0.15) is 63.5 Å². The topological polar surface area (TPSA) is 21.3 Å². The van der Waals surface area contributed by atoms with Gasteiger partial charge in [0.05, 0.1) is 5.60 Å². The highest BCUT2D eigenvalue weighted by Crippen LogP contribution is 2.51. The zero-order chi connectivity index (χ0) is 14.6. The molecule has 2 fully saturated rings. The lowest BCUT2D eigenvalue weighted by molar-refractivity contribution is -0.190.